The summed E-state index contributed by atoms with van der Waals surface area (Å²) in [7, 11) is 0. The summed E-state index contributed by atoms with van der Waals surface area (Å²) in [5.41, 5.74) is 3.00. The molecular formula is C23H18O3. The molecule has 3 nitrogen and oxygen atoms in total. The van der Waals surface area contributed by atoms with Crippen LogP contribution in [0.1, 0.15) is 23.6 Å². The first kappa shape index (κ1) is 15.1. The van der Waals surface area contributed by atoms with Gasteiger partial charge in [0.15, 0.2) is 11.5 Å². The van der Waals surface area contributed by atoms with E-state index in [9.17, 15) is 0 Å². The fourth-order valence-corrected chi connectivity index (χ4v) is 3.67. The fraction of sp³-hybridized carbons (Fsp3) is 0.130. The van der Waals surface area contributed by atoms with Gasteiger partial charge in [0, 0.05) is 22.6 Å². The van der Waals surface area contributed by atoms with E-state index in [2.05, 4.69) is 49.4 Å². The molecule has 2 heterocycles. The van der Waals surface area contributed by atoms with E-state index in [1.54, 1.807) is 0 Å². The van der Waals surface area contributed by atoms with E-state index in [4.69, 9.17) is 14.2 Å². The van der Waals surface area contributed by atoms with Gasteiger partial charge in [-0.1, -0.05) is 60.7 Å². The molecule has 0 bridgehead atoms. The molecule has 3 aromatic carbocycles. The lowest BCUT2D eigenvalue weighted by molar-refractivity contribution is 0.174. The molecule has 1 atom stereocenters. The minimum Gasteiger partial charge on any atom is -0.457 e. The van der Waals surface area contributed by atoms with E-state index in [0.29, 0.717) is 0 Å². The van der Waals surface area contributed by atoms with E-state index >= 15 is 0 Å². The Bertz CT molecular complexity index is 993. The SMILES string of the molecule is CC1(c2ccccc2)C=C(c2ccccc2)Oc2cc3c(cc21)OCO3. The highest BCUT2D eigenvalue weighted by atomic mass is 16.7. The van der Waals surface area contributed by atoms with Crippen LogP contribution in [0.25, 0.3) is 5.76 Å². The van der Waals surface area contributed by atoms with E-state index in [1.807, 2.05) is 36.4 Å². The average molecular weight is 342 g/mol. The summed E-state index contributed by atoms with van der Waals surface area (Å²) < 4.78 is 17.5. The molecule has 5 rings (SSSR count). The van der Waals surface area contributed by atoms with Gasteiger partial charge in [0.1, 0.15) is 11.5 Å². The van der Waals surface area contributed by atoms with Crippen molar-refractivity contribution in [3.05, 3.63) is 95.6 Å². The highest BCUT2D eigenvalue weighted by Gasteiger charge is 2.37. The largest absolute Gasteiger partial charge is 0.457 e. The minimum absolute atomic E-state index is 0.249. The Morgan fingerprint density at radius 3 is 2.15 bits per heavy atom. The van der Waals surface area contributed by atoms with Crippen molar-refractivity contribution in [2.24, 2.45) is 0 Å². The maximum absolute atomic E-state index is 6.29. The summed E-state index contributed by atoms with van der Waals surface area (Å²) in [5, 5.41) is 0. The minimum atomic E-state index is -0.332. The molecule has 3 heteroatoms. The van der Waals surface area contributed by atoms with Gasteiger partial charge in [-0.15, -0.1) is 0 Å². The van der Waals surface area contributed by atoms with Crippen LogP contribution in [0.2, 0.25) is 0 Å². The molecule has 0 amide bonds. The monoisotopic (exact) mass is 342 g/mol. The summed E-state index contributed by atoms with van der Waals surface area (Å²) >= 11 is 0. The Morgan fingerprint density at radius 1 is 0.769 bits per heavy atom. The van der Waals surface area contributed by atoms with E-state index in [1.165, 1.54) is 5.56 Å². The zero-order valence-electron chi connectivity index (χ0n) is 14.4. The third kappa shape index (κ3) is 2.28. The number of allylic oxidation sites excluding steroid dienone is 1. The maximum Gasteiger partial charge on any atom is 0.231 e. The van der Waals surface area contributed by atoms with Gasteiger partial charge in [0.05, 0.1) is 0 Å². The van der Waals surface area contributed by atoms with Crippen LogP contribution in [0.3, 0.4) is 0 Å². The molecule has 0 saturated carbocycles. The van der Waals surface area contributed by atoms with Gasteiger partial charge in [-0.05, 0) is 24.6 Å². The lowest BCUT2D eigenvalue weighted by atomic mass is 9.74. The Hall–Kier alpha value is -3.20. The fourth-order valence-electron chi connectivity index (χ4n) is 3.67. The van der Waals surface area contributed by atoms with Crippen molar-refractivity contribution in [3.8, 4) is 17.2 Å². The number of fused-ring (bicyclic) bond motifs is 2. The molecule has 3 aromatic rings. The Morgan fingerprint density at radius 2 is 1.42 bits per heavy atom. The van der Waals surface area contributed by atoms with Gasteiger partial charge >= 0.3 is 0 Å². The molecule has 1 unspecified atom stereocenters. The molecular weight excluding hydrogens is 324 g/mol. The Kier molecular flexibility index (Phi) is 3.29. The van der Waals surface area contributed by atoms with Crippen LogP contribution in [0.5, 0.6) is 17.2 Å². The zero-order chi connectivity index (χ0) is 17.6. The first-order valence-corrected chi connectivity index (χ1v) is 8.70. The molecule has 128 valence electrons. The second-order valence-electron chi connectivity index (χ2n) is 6.75. The summed E-state index contributed by atoms with van der Waals surface area (Å²) in [6, 6.07) is 24.6. The highest BCUT2D eigenvalue weighted by molar-refractivity contribution is 5.72. The lowest BCUT2D eigenvalue weighted by Gasteiger charge is -2.34. The van der Waals surface area contributed by atoms with Crippen LogP contribution in [0, 0.1) is 0 Å². The van der Waals surface area contributed by atoms with Crippen molar-refractivity contribution >= 4 is 5.76 Å². The molecule has 0 N–H and O–H groups in total. The molecule has 0 spiro atoms. The number of ether oxygens (including phenoxy) is 3. The predicted molar refractivity (Wildman–Crippen MR) is 101 cm³/mol. The maximum atomic E-state index is 6.29. The number of hydrogen-bond donors (Lipinski definition) is 0. The Labute approximate surface area is 152 Å². The smallest absolute Gasteiger partial charge is 0.231 e. The Balaban J connectivity index is 1.74. The van der Waals surface area contributed by atoms with Crippen LogP contribution in [0.4, 0.5) is 0 Å². The predicted octanol–water partition coefficient (Wildman–Crippen LogP) is 5.15. The van der Waals surface area contributed by atoms with Crippen LogP contribution < -0.4 is 14.2 Å². The van der Waals surface area contributed by atoms with Crippen molar-refractivity contribution in [2.45, 2.75) is 12.3 Å². The normalized spacial score (nSPS) is 20.1. The number of hydrogen-bond acceptors (Lipinski definition) is 3. The summed E-state index contributed by atoms with van der Waals surface area (Å²) in [6.45, 7) is 2.47. The second-order valence-corrected chi connectivity index (χ2v) is 6.75. The average Bonchev–Trinajstić information content (AvgIpc) is 3.15. The zero-order valence-corrected chi connectivity index (χ0v) is 14.4. The van der Waals surface area contributed by atoms with Crippen LogP contribution in [0.15, 0.2) is 78.9 Å². The van der Waals surface area contributed by atoms with Gasteiger partial charge < -0.3 is 14.2 Å². The van der Waals surface area contributed by atoms with Gasteiger partial charge in [0.2, 0.25) is 6.79 Å². The van der Waals surface area contributed by atoms with E-state index < -0.39 is 0 Å². The quantitative estimate of drug-likeness (QED) is 0.644. The van der Waals surface area contributed by atoms with Crippen LogP contribution in [-0.2, 0) is 5.41 Å². The summed E-state index contributed by atoms with van der Waals surface area (Å²) in [6.07, 6.45) is 2.20. The standard InChI is InChI=1S/C23H18O3/c1-23(17-10-6-3-7-11-17)14-22(16-8-4-2-5-9-16)26-19-13-21-20(12-18(19)23)24-15-25-21/h2-14H,15H2,1H3. The molecule has 26 heavy (non-hydrogen) atoms. The van der Waals surface area contributed by atoms with Crippen molar-refractivity contribution < 1.29 is 14.2 Å². The molecule has 0 fully saturated rings. The first-order chi connectivity index (χ1) is 12.7. The second kappa shape index (κ2) is 5.67. The topological polar surface area (TPSA) is 27.7 Å². The van der Waals surface area contributed by atoms with Crippen molar-refractivity contribution in [1.82, 2.24) is 0 Å². The highest BCUT2D eigenvalue weighted by Crippen LogP contribution is 2.50. The number of benzene rings is 3. The molecule has 0 radical (unpaired) electrons. The third-order valence-electron chi connectivity index (χ3n) is 5.11. The van der Waals surface area contributed by atoms with E-state index in [-0.39, 0.29) is 12.2 Å². The number of rotatable bonds is 2. The molecule has 2 aliphatic heterocycles. The van der Waals surface area contributed by atoms with Crippen LogP contribution in [-0.4, -0.2) is 6.79 Å². The van der Waals surface area contributed by atoms with Gasteiger partial charge in [-0.25, -0.2) is 0 Å². The third-order valence-corrected chi connectivity index (χ3v) is 5.11. The van der Waals surface area contributed by atoms with Crippen molar-refractivity contribution in [1.29, 1.82) is 0 Å². The van der Waals surface area contributed by atoms with Gasteiger partial charge in [0.25, 0.3) is 0 Å². The van der Waals surface area contributed by atoms with Gasteiger partial charge in [-0.3, -0.25) is 0 Å². The molecule has 0 saturated heterocycles. The molecule has 2 aliphatic rings. The molecule has 0 aromatic heterocycles. The first-order valence-electron chi connectivity index (χ1n) is 8.70. The van der Waals surface area contributed by atoms with E-state index in [0.717, 1.165) is 34.1 Å². The van der Waals surface area contributed by atoms with Crippen LogP contribution >= 0.6 is 0 Å². The summed E-state index contributed by atoms with van der Waals surface area (Å²) in [4.78, 5) is 0. The lowest BCUT2D eigenvalue weighted by Crippen LogP contribution is -2.26. The molecule has 0 aliphatic carbocycles. The summed E-state index contributed by atoms with van der Waals surface area (Å²) in [5.74, 6) is 3.16. The van der Waals surface area contributed by atoms with Crippen molar-refractivity contribution in [3.63, 3.8) is 0 Å². The van der Waals surface area contributed by atoms with Crippen molar-refractivity contribution in [2.75, 3.05) is 6.79 Å². The van der Waals surface area contributed by atoms with Gasteiger partial charge in [-0.2, -0.15) is 0 Å².